The molecular formula is C19H26N2O4. The molecule has 25 heavy (non-hydrogen) atoms. The number of hydrogen-bond acceptors (Lipinski definition) is 4. The van der Waals surface area contributed by atoms with E-state index in [1.165, 1.54) is 0 Å². The largest absolute Gasteiger partial charge is 0.480 e. The van der Waals surface area contributed by atoms with Crippen LogP contribution in [0.1, 0.15) is 32.8 Å². The van der Waals surface area contributed by atoms with Crippen molar-refractivity contribution in [1.29, 1.82) is 0 Å². The third kappa shape index (κ3) is 4.24. The highest BCUT2D eigenvalue weighted by Crippen LogP contribution is 2.28. The molecule has 0 aromatic heterocycles. The van der Waals surface area contributed by atoms with Gasteiger partial charge in [-0.1, -0.05) is 18.2 Å². The second kappa shape index (κ2) is 6.94. The lowest BCUT2D eigenvalue weighted by Gasteiger charge is -2.37. The molecule has 0 bridgehead atoms. The predicted molar refractivity (Wildman–Crippen MR) is 93.6 cm³/mol. The van der Waals surface area contributed by atoms with Crippen molar-refractivity contribution in [2.45, 2.75) is 45.3 Å². The van der Waals surface area contributed by atoms with Crippen LogP contribution in [0.5, 0.6) is 5.75 Å². The molecular weight excluding hydrogens is 320 g/mol. The van der Waals surface area contributed by atoms with E-state index in [-0.39, 0.29) is 12.0 Å². The van der Waals surface area contributed by atoms with Gasteiger partial charge in [-0.3, -0.25) is 4.79 Å². The number of carbonyl (C=O) groups is 2. The highest BCUT2D eigenvalue weighted by atomic mass is 16.6. The fraction of sp³-hybridized carbons (Fsp3) is 0.579. The Balaban J connectivity index is 1.53. The summed E-state index contributed by atoms with van der Waals surface area (Å²) in [7, 11) is 0. The molecule has 2 aliphatic rings. The Kier molecular flexibility index (Phi) is 4.88. The lowest BCUT2D eigenvalue weighted by Crippen LogP contribution is -2.54. The molecule has 1 atom stereocenters. The molecule has 1 aromatic carbocycles. The van der Waals surface area contributed by atoms with Crippen molar-refractivity contribution in [3.8, 4) is 5.75 Å². The average Bonchev–Trinajstić information content (AvgIpc) is 2.59. The lowest BCUT2D eigenvalue weighted by molar-refractivity contribution is -0.141. The molecule has 1 saturated heterocycles. The minimum Gasteiger partial charge on any atom is -0.480 e. The number of piperazine rings is 1. The molecule has 1 unspecified atom stereocenters. The van der Waals surface area contributed by atoms with Gasteiger partial charge in [0.1, 0.15) is 11.4 Å². The van der Waals surface area contributed by atoms with Gasteiger partial charge in [-0.25, -0.2) is 4.79 Å². The number of aryl methyl sites for hydroxylation is 1. The van der Waals surface area contributed by atoms with Crippen molar-refractivity contribution in [3.63, 3.8) is 0 Å². The quantitative estimate of drug-likeness (QED) is 0.784. The van der Waals surface area contributed by atoms with Crippen molar-refractivity contribution in [1.82, 2.24) is 9.80 Å². The second-order valence-electron chi connectivity index (χ2n) is 7.55. The molecule has 2 aliphatic heterocycles. The van der Waals surface area contributed by atoms with Crippen molar-refractivity contribution >= 4 is 12.0 Å². The molecule has 6 heteroatoms. The monoisotopic (exact) mass is 346 g/mol. The van der Waals surface area contributed by atoms with Gasteiger partial charge in [0.25, 0.3) is 5.91 Å². The smallest absolute Gasteiger partial charge is 0.410 e. The first kappa shape index (κ1) is 17.6. The molecule has 6 nitrogen and oxygen atoms in total. The van der Waals surface area contributed by atoms with E-state index in [9.17, 15) is 9.59 Å². The number of para-hydroxylation sites is 1. The van der Waals surface area contributed by atoms with Crippen molar-refractivity contribution < 1.29 is 19.1 Å². The van der Waals surface area contributed by atoms with Crippen LogP contribution in [0.15, 0.2) is 24.3 Å². The van der Waals surface area contributed by atoms with E-state index >= 15 is 0 Å². The lowest BCUT2D eigenvalue weighted by atomic mass is 10.0. The zero-order valence-corrected chi connectivity index (χ0v) is 15.2. The zero-order chi connectivity index (χ0) is 18.0. The summed E-state index contributed by atoms with van der Waals surface area (Å²) in [5, 5.41) is 0. The molecule has 0 saturated carbocycles. The van der Waals surface area contributed by atoms with Gasteiger partial charge >= 0.3 is 6.09 Å². The van der Waals surface area contributed by atoms with E-state index in [1.54, 1.807) is 9.80 Å². The topological polar surface area (TPSA) is 59.1 Å². The van der Waals surface area contributed by atoms with Crippen molar-refractivity contribution in [2.75, 3.05) is 26.2 Å². The van der Waals surface area contributed by atoms with Gasteiger partial charge in [-0.15, -0.1) is 0 Å². The highest BCUT2D eigenvalue weighted by molar-refractivity contribution is 5.82. The summed E-state index contributed by atoms with van der Waals surface area (Å²) in [5.74, 6) is 0.817. The van der Waals surface area contributed by atoms with Crippen LogP contribution in [0.4, 0.5) is 4.79 Å². The number of benzene rings is 1. The van der Waals surface area contributed by atoms with Crippen LogP contribution in [0.2, 0.25) is 0 Å². The van der Waals surface area contributed by atoms with Gasteiger partial charge in [-0.2, -0.15) is 0 Å². The van der Waals surface area contributed by atoms with E-state index < -0.39 is 11.7 Å². The molecule has 0 spiro atoms. The number of ether oxygens (including phenoxy) is 2. The Morgan fingerprint density at radius 3 is 2.40 bits per heavy atom. The molecule has 1 aromatic rings. The van der Waals surface area contributed by atoms with Crippen LogP contribution in [0.25, 0.3) is 0 Å². The number of rotatable bonds is 1. The Bertz CT molecular complexity index is 645. The summed E-state index contributed by atoms with van der Waals surface area (Å²) in [6, 6.07) is 7.86. The van der Waals surface area contributed by atoms with Crippen LogP contribution in [-0.4, -0.2) is 59.7 Å². The van der Waals surface area contributed by atoms with Gasteiger partial charge < -0.3 is 19.3 Å². The van der Waals surface area contributed by atoms with Crippen molar-refractivity contribution in [2.24, 2.45) is 0 Å². The molecule has 2 amide bonds. The van der Waals surface area contributed by atoms with E-state index in [0.717, 1.165) is 17.7 Å². The van der Waals surface area contributed by atoms with Gasteiger partial charge in [0.2, 0.25) is 0 Å². The molecule has 3 rings (SSSR count). The first-order valence-corrected chi connectivity index (χ1v) is 8.85. The maximum absolute atomic E-state index is 12.7. The van der Waals surface area contributed by atoms with Gasteiger partial charge in [0.05, 0.1) is 0 Å². The molecule has 0 radical (unpaired) electrons. The van der Waals surface area contributed by atoms with Gasteiger partial charge in [0, 0.05) is 26.2 Å². The fourth-order valence-electron chi connectivity index (χ4n) is 3.14. The summed E-state index contributed by atoms with van der Waals surface area (Å²) in [4.78, 5) is 28.3. The zero-order valence-electron chi connectivity index (χ0n) is 15.2. The Hall–Kier alpha value is -2.24. The van der Waals surface area contributed by atoms with Gasteiger partial charge in [0.15, 0.2) is 6.10 Å². The first-order chi connectivity index (χ1) is 11.8. The number of nitrogens with zero attached hydrogens (tertiary/aromatic N) is 2. The second-order valence-corrected chi connectivity index (χ2v) is 7.55. The maximum atomic E-state index is 12.7. The standard InChI is InChI=1S/C19H26N2O4/c1-19(2,3)25-18(23)21-12-10-20(11-13-21)17(22)16-9-8-14-6-4-5-7-15(14)24-16/h4-7,16H,8-13H2,1-3H3. The predicted octanol–water partition coefficient (Wildman–Crippen LogP) is 2.46. The first-order valence-electron chi connectivity index (χ1n) is 8.85. The average molecular weight is 346 g/mol. The normalized spacial score (nSPS) is 20.5. The van der Waals surface area contributed by atoms with Crippen LogP contribution >= 0.6 is 0 Å². The SMILES string of the molecule is CC(C)(C)OC(=O)N1CCN(C(=O)C2CCc3ccccc3O2)CC1. The summed E-state index contributed by atoms with van der Waals surface area (Å²) >= 11 is 0. The number of carbonyl (C=O) groups excluding carboxylic acids is 2. The summed E-state index contributed by atoms with van der Waals surface area (Å²) < 4.78 is 11.3. The molecule has 136 valence electrons. The number of amides is 2. The van der Waals surface area contributed by atoms with E-state index in [4.69, 9.17) is 9.47 Å². The van der Waals surface area contributed by atoms with Crippen LogP contribution < -0.4 is 4.74 Å². The fourth-order valence-corrected chi connectivity index (χ4v) is 3.14. The highest BCUT2D eigenvalue weighted by Gasteiger charge is 2.33. The third-order valence-corrected chi connectivity index (χ3v) is 4.44. The van der Waals surface area contributed by atoms with Crippen LogP contribution in [-0.2, 0) is 16.0 Å². The molecule has 2 heterocycles. The van der Waals surface area contributed by atoms with E-state index in [1.807, 2.05) is 45.0 Å². The minimum absolute atomic E-state index is 0.0124. The maximum Gasteiger partial charge on any atom is 0.410 e. The third-order valence-electron chi connectivity index (χ3n) is 4.44. The molecule has 0 aliphatic carbocycles. The van der Waals surface area contributed by atoms with Crippen LogP contribution in [0, 0.1) is 0 Å². The summed E-state index contributed by atoms with van der Waals surface area (Å²) in [6.45, 7) is 7.56. The Morgan fingerprint density at radius 1 is 1.08 bits per heavy atom. The van der Waals surface area contributed by atoms with Gasteiger partial charge in [-0.05, 0) is 45.2 Å². The number of hydrogen-bond donors (Lipinski definition) is 0. The Morgan fingerprint density at radius 2 is 1.72 bits per heavy atom. The number of fused-ring (bicyclic) bond motifs is 1. The minimum atomic E-state index is -0.507. The molecule has 1 fully saturated rings. The van der Waals surface area contributed by atoms with E-state index in [2.05, 4.69) is 0 Å². The van der Waals surface area contributed by atoms with Crippen LogP contribution in [0.3, 0.4) is 0 Å². The Labute approximate surface area is 148 Å². The summed E-state index contributed by atoms with van der Waals surface area (Å²) in [5.41, 5.74) is 0.647. The van der Waals surface area contributed by atoms with Crippen molar-refractivity contribution in [3.05, 3.63) is 29.8 Å². The van der Waals surface area contributed by atoms with E-state index in [0.29, 0.717) is 32.6 Å². The molecule has 0 N–H and O–H groups in total. The summed E-state index contributed by atoms with van der Waals surface area (Å²) in [6.07, 6.45) is 0.803.